The highest BCUT2D eigenvalue weighted by atomic mass is 16.6. The van der Waals surface area contributed by atoms with E-state index in [1.165, 1.54) is 18.2 Å². The molecule has 3 rings (SSSR count). The van der Waals surface area contributed by atoms with Crippen LogP contribution in [-0.2, 0) is 13.1 Å². The molecule has 0 aromatic heterocycles. The largest absolute Gasteiger partial charge is 0.508 e. The van der Waals surface area contributed by atoms with E-state index in [9.17, 15) is 15.2 Å². The van der Waals surface area contributed by atoms with Crippen LogP contribution in [0.15, 0.2) is 78.9 Å². The molecular weight excluding hydrogens is 400 g/mol. The summed E-state index contributed by atoms with van der Waals surface area (Å²) >= 11 is 0. The molecule has 0 aliphatic carbocycles. The Kier molecular flexibility index (Phi) is 8.42. The van der Waals surface area contributed by atoms with Gasteiger partial charge in [-0.3, -0.25) is 15.0 Å². The lowest BCUT2D eigenvalue weighted by Gasteiger charge is -2.29. The minimum Gasteiger partial charge on any atom is -0.508 e. The first-order valence-electron chi connectivity index (χ1n) is 10.9. The summed E-state index contributed by atoms with van der Waals surface area (Å²) in [6.07, 6.45) is 2.77. The second-order valence-corrected chi connectivity index (χ2v) is 7.70. The molecular formula is C27H28N2O3. The standard InChI is InChI=1S/C27H28N2O3/c1-2-3-4-11-16-26(25-19-24(29(31)32)17-18-27(25)30)28(20-22-12-7-5-8-13-22)21-23-14-9-6-10-15-23/h5-10,12-15,17-19,26,30H,2-4,20-21H2,1H3. The fraction of sp³-hybridized carbons (Fsp3) is 0.259. The zero-order valence-corrected chi connectivity index (χ0v) is 18.3. The monoisotopic (exact) mass is 428 g/mol. The molecule has 32 heavy (non-hydrogen) atoms. The smallest absolute Gasteiger partial charge is 0.270 e. The van der Waals surface area contributed by atoms with E-state index in [-0.39, 0.29) is 11.4 Å². The number of nitro groups is 1. The normalized spacial score (nSPS) is 11.6. The predicted molar refractivity (Wildman–Crippen MR) is 127 cm³/mol. The molecule has 1 unspecified atom stereocenters. The number of nitrogens with zero attached hydrogens (tertiary/aromatic N) is 2. The molecule has 5 heteroatoms. The number of unbranched alkanes of at least 4 members (excludes halogenated alkanes) is 2. The van der Waals surface area contributed by atoms with Crippen molar-refractivity contribution in [1.82, 2.24) is 4.90 Å². The minimum atomic E-state index is -0.493. The second kappa shape index (κ2) is 11.7. The molecule has 0 saturated heterocycles. The maximum absolute atomic E-state index is 11.4. The lowest BCUT2D eigenvalue weighted by molar-refractivity contribution is -0.385. The van der Waals surface area contributed by atoms with Gasteiger partial charge in [0.05, 0.1) is 4.92 Å². The van der Waals surface area contributed by atoms with Crippen molar-refractivity contribution in [3.8, 4) is 17.6 Å². The number of phenols is 1. The van der Waals surface area contributed by atoms with Crippen LogP contribution in [0.4, 0.5) is 5.69 Å². The number of rotatable bonds is 9. The summed E-state index contributed by atoms with van der Waals surface area (Å²) < 4.78 is 0. The lowest BCUT2D eigenvalue weighted by Crippen LogP contribution is -2.27. The molecule has 1 N–H and O–H groups in total. The first-order chi connectivity index (χ1) is 15.6. The van der Waals surface area contributed by atoms with E-state index in [2.05, 4.69) is 23.7 Å². The highest BCUT2D eigenvalue weighted by Crippen LogP contribution is 2.33. The van der Waals surface area contributed by atoms with Crippen molar-refractivity contribution in [2.75, 3.05) is 0 Å². The van der Waals surface area contributed by atoms with E-state index in [0.29, 0.717) is 18.7 Å². The van der Waals surface area contributed by atoms with Crippen LogP contribution in [0.5, 0.6) is 5.75 Å². The third-order valence-corrected chi connectivity index (χ3v) is 5.23. The number of nitro benzene ring substituents is 1. The van der Waals surface area contributed by atoms with Gasteiger partial charge in [0, 0.05) is 37.2 Å². The third kappa shape index (κ3) is 6.44. The summed E-state index contributed by atoms with van der Waals surface area (Å²) in [4.78, 5) is 13.1. The van der Waals surface area contributed by atoms with E-state index in [1.54, 1.807) is 0 Å². The van der Waals surface area contributed by atoms with Crippen molar-refractivity contribution in [2.24, 2.45) is 0 Å². The van der Waals surface area contributed by atoms with Gasteiger partial charge in [-0.05, 0) is 23.6 Å². The van der Waals surface area contributed by atoms with Gasteiger partial charge in [-0.25, -0.2) is 0 Å². The van der Waals surface area contributed by atoms with Gasteiger partial charge in [0.2, 0.25) is 0 Å². The number of aromatic hydroxyl groups is 1. The Morgan fingerprint density at radius 3 is 2.09 bits per heavy atom. The first kappa shape index (κ1) is 23.1. The van der Waals surface area contributed by atoms with Gasteiger partial charge in [-0.2, -0.15) is 0 Å². The highest BCUT2D eigenvalue weighted by Gasteiger charge is 2.24. The van der Waals surface area contributed by atoms with Gasteiger partial charge in [0.15, 0.2) is 0 Å². The van der Waals surface area contributed by atoms with Crippen LogP contribution < -0.4 is 0 Å². The number of hydrogen-bond acceptors (Lipinski definition) is 4. The fourth-order valence-corrected chi connectivity index (χ4v) is 3.55. The van der Waals surface area contributed by atoms with Crippen LogP contribution in [0.1, 0.15) is 48.9 Å². The Hall–Kier alpha value is -3.62. The number of phenolic OH excluding ortho intramolecular Hbond substituents is 1. The average Bonchev–Trinajstić information content (AvgIpc) is 2.81. The summed E-state index contributed by atoms with van der Waals surface area (Å²) in [5, 5.41) is 22.1. The average molecular weight is 429 g/mol. The Labute approximate surface area is 189 Å². The van der Waals surface area contributed by atoms with Crippen molar-refractivity contribution < 1.29 is 10.0 Å². The molecule has 0 aliphatic heterocycles. The van der Waals surface area contributed by atoms with E-state index < -0.39 is 11.0 Å². The number of non-ortho nitro benzene ring substituents is 1. The SMILES string of the molecule is CCCCC#CC(c1cc([N+](=O)[O-])ccc1O)N(Cc1ccccc1)Cc1ccccc1. The summed E-state index contributed by atoms with van der Waals surface area (Å²) in [7, 11) is 0. The summed E-state index contributed by atoms with van der Waals surface area (Å²) in [5.74, 6) is 6.56. The molecule has 0 radical (unpaired) electrons. The molecule has 5 nitrogen and oxygen atoms in total. The van der Waals surface area contributed by atoms with Crippen LogP contribution in [0, 0.1) is 22.0 Å². The van der Waals surface area contributed by atoms with Gasteiger partial charge >= 0.3 is 0 Å². The van der Waals surface area contributed by atoms with Gasteiger partial charge in [0.25, 0.3) is 5.69 Å². The molecule has 3 aromatic carbocycles. The quantitative estimate of drug-likeness (QED) is 0.190. The van der Waals surface area contributed by atoms with Crippen molar-refractivity contribution in [3.05, 3.63) is 106 Å². The van der Waals surface area contributed by atoms with Crippen molar-refractivity contribution in [3.63, 3.8) is 0 Å². The Morgan fingerprint density at radius 1 is 0.969 bits per heavy atom. The van der Waals surface area contributed by atoms with E-state index >= 15 is 0 Å². The second-order valence-electron chi connectivity index (χ2n) is 7.70. The van der Waals surface area contributed by atoms with Crippen LogP contribution in [0.3, 0.4) is 0 Å². The molecule has 0 aliphatic rings. The molecule has 0 bridgehead atoms. The zero-order valence-electron chi connectivity index (χ0n) is 18.3. The van der Waals surface area contributed by atoms with Gasteiger partial charge in [-0.1, -0.05) is 79.9 Å². The van der Waals surface area contributed by atoms with Gasteiger partial charge in [-0.15, -0.1) is 5.92 Å². The van der Waals surface area contributed by atoms with E-state index in [0.717, 1.165) is 30.4 Å². The van der Waals surface area contributed by atoms with Gasteiger partial charge < -0.3 is 5.11 Å². The Morgan fingerprint density at radius 2 is 1.56 bits per heavy atom. The number of hydrogen-bond donors (Lipinski definition) is 1. The Balaban J connectivity index is 2.06. The maximum Gasteiger partial charge on any atom is 0.270 e. The summed E-state index contributed by atoms with van der Waals surface area (Å²) in [6.45, 7) is 3.29. The van der Waals surface area contributed by atoms with Crippen molar-refractivity contribution >= 4 is 5.69 Å². The number of benzene rings is 3. The van der Waals surface area contributed by atoms with Gasteiger partial charge in [0.1, 0.15) is 11.8 Å². The van der Waals surface area contributed by atoms with Crippen LogP contribution in [-0.4, -0.2) is 14.9 Å². The highest BCUT2D eigenvalue weighted by molar-refractivity contribution is 5.47. The van der Waals surface area contributed by atoms with Crippen LogP contribution in [0.2, 0.25) is 0 Å². The predicted octanol–water partition coefficient (Wildman–Crippen LogP) is 6.24. The van der Waals surface area contributed by atoms with Crippen molar-refractivity contribution in [2.45, 2.75) is 45.3 Å². The van der Waals surface area contributed by atoms with Crippen LogP contribution >= 0.6 is 0 Å². The zero-order chi connectivity index (χ0) is 22.8. The summed E-state index contributed by atoms with van der Waals surface area (Å²) in [5.41, 5.74) is 2.61. The van der Waals surface area contributed by atoms with E-state index in [4.69, 9.17) is 0 Å². The molecule has 0 spiro atoms. The molecule has 0 fully saturated rings. The molecule has 1 atom stereocenters. The Bertz CT molecular complexity index is 1030. The lowest BCUT2D eigenvalue weighted by atomic mass is 10.0. The molecule has 0 amide bonds. The first-order valence-corrected chi connectivity index (χ1v) is 10.9. The minimum absolute atomic E-state index is 0.0107. The van der Waals surface area contributed by atoms with Crippen molar-refractivity contribution in [1.29, 1.82) is 0 Å². The van der Waals surface area contributed by atoms with E-state index in [1.807, 2.05) is 60.7 Å². The molecule has 0 heterocycles. The molecule has 0 saturated carbocycles. The fourth-order valence-electron chi connectivity index (χ4n) is 3.55. The summed E-state index contributed by atoms with van der Waals surface area (Å²) in [6, 6.07) is 23.7. The third-order valence-electron chi connectivity index (χ3n) is 5.23. The molecule has 3 aromatic rings. The van der Waals surface area contributed by atoms with Crippen LogP contribution in [0.25, 0.3) is 0 Å². The topological polar surface area (TPSA) is 66.6 Å². The molecule has 164 valence electrons. The maximum atomic E-state index is 11.4.